The zero-order chi connectivity index (χ0) is 17.1. The maximum atomic E-state index is 12.6. The molecule has 0 saturated carbocycles. The highest BCUT2D eigenvalue weighted by Crippen LogP contribution is 2.20. The third-order valence-electron chi connectivity index (χ3n) is 4.44. The maximum absolute atomic E-state index is 12.6. The van der Waals surface area contributed by atoms with Gasteiger partial charge in [0.25, 0.3) is 0 Å². The van der Waals surface area contributed by atoms with Gasteiger partial charge in [-0.2, -0.15) is 20.4 Å². The summed E-state index contributed by atoms with van der Waals surface area (Å²) < 4.78 is 3.63. The molecular formula is C16H21N7O. The minimum Gasteiger partial charge on any atom is -0.281 e. The van der Waals surface area contributed by atoms with Crippen molar-refractivity contribution in [3.63, 3.8) is 0 Å². The second-order valence-corrected chi connectivity index (χ2v) is 5.96. The number of aromatic nitrogens is 5. The summed E-state index contributed by atoms with van der Waals surface area (Å²) in [5, 5.41) is 17.3. The third-order valence-corrected chi connectivity index (χ3v) is 4.44. The van der Waals surface area contributed by atoms with Crippen molar-refractivity contribution in [3.8, 4) is 6.07 Å². The first-order valence-electron chi connectivity index (χ1n) is 8.20. The molecular weight excluding hydrogens is 306 g/mol. The molecule has 0 radical (unpaired) electrons. The molecule has 8 heteroatoms. The molecule has 0 saturated heterocycles. The monoisotopic (exact) mass is 327 g/mol. The molecule has 0 N–H and O–H groups in total. The van der Waals surface area contributed by atoms with E-state index in [9.17, 15) is 4.79 Å². The van der Waals surface area contributed by atoms with Crippen LogP contribution in [-0.2, 0) is 24.3 Å². The summed E-state index contributed by atoms with van der Waals surface area (Å²) in [6, 6.07) is 2.14. The topological polar surface area (TPSA) is 92.6 Å². The number of carbonyl (C=O) groups is 1. The van der Waals surface area contributed by atoms with Crippen LogP contribution in [0, 0.1) is 25.2 Å². The van der Waals surface area contributed by atoms with Gasteiger partial charge in [-0.1, -0.05) is 0 Å². The quantitative estimate of drug-likeness (QED) is 0.827. The molecule has 1 aliphatic rings. The van der Waals surface area contributed by atoms with Gasteiger partial charge in [0.2, 0.25) is 11.9 Å². The van der Waals surface area contributed by atoms with E-state index >= 15 is 0 Å². The van der Waals surface area contributed by atoms with Gasteiger partial charge in [0.05, 0.1) is 24.7 Å². The van der Waals surface area contributed by atoms with Gasteiger partial charge in [-0.25, -0.2) is 4.68 Å². The number of nitrogens with zero attached hydrogens (tertiary/aromatic N) is 7. The smallest absolute Gasteiger partial charge is 0.230 e. The lowest BCUT2D eigenvalue weighted by atomic mass is 10.1. The highest BCUT2D eigenvalue weighted by Gasteiger charge is 2.24. The van der Waals surface area contributed by atoms with Crippen molar-refractivity contribution in [2.75, 3.05) is 11.4 Å². The van der Waals surface area contributed by atoms with Crippen LogP contribution in [0.15, 0.2) is 6.33 Å². The summed E-state index contributed by atoms with van der Waals surface area (Å²) in [7, 11) is 0. The Morgan fingerprint density at radius 1 is 1.38 bits per heavy atom. The number of aryl methyl sites for hydroxylation is 3. The second-order valence-electron chi connectivity index (χ2n) is 5.96. The van der Waals surface area contributed by atoms with Crippen LogP contribution in [0.3, 0.4) is 0 Å². The average Bonchev–Trinajstić information content (AvgIpc) is 3.15. The highest BCUT2D eigenvalue weighted by molar-refractivity contribution is 5.92. The highest BCUT2D eigenvalue weighted by atomic mass is 16.2. The van der Waals surface area contributed by atoms with Gasteiger partial charge < -0.3 is 0 Å². The van der Waals surface area contributed by atoms with Gasteiger partial charge in [-0.05, 0) is 32.3 Å². The van der Waals surface area contributed by atoms with Gasteiger partial charge in [0.15, 0.2) is 0 Å². The van der Waals surface area contributed by atoms with E-state index in [2.05, 4.69) is 21.3 Å². The molecule has 0 aliphatic carbocycles. The van der Waals surface area contributed by atoms with Gasteiger partial charge in [0.1, 0.15) is 6.33 Å². The van der Waals surface area contributed by atoms with E-state index in [0.29, 0.717) is 38.3 Å². The van der Waals surface area contributed by atoms with E-state index in [1.807, 2.05) is 18.5 Å². The molecule has 3 rings (SSSR count). The van der Waals surface area contributed by atoms with Gasteiger partial charge in [0, 0.05) is 25.2 Å². The molecule has 0 bridgehead atoms. The molecule has 126 valence electrons. The van der Waals surface area contributed by atoms with Crippen molar-refractivity contribution < 1.29 is 4.79 Å². The van der Waals surface area contributed by atoms with Crippen LogP contribution in [0.25, 0.3) is 0 Å². The molecule has 0 fully saturated rings. The lowest BCUT2D eigenvalue weighted by Crippen LogP contribution is -2.38. The SMILES string of the molecule is Cc1nn(CCC#N)c(C)c1CCC(=O)N1CCCn2ncnc21. The predicted molar refractivity (Wildman–Crippen MR) is 87.2 cm³/mol. The molecule has 0 atom stereocenters. The Morgan fingerprint density at radius 3 is 3.00 bits per heavy atom. The zero-order valence-corrected chi connectivity index (χ0v) is 14.1. The molecule has 24 heavy (non-hydrogen) atoms. The summed E-state index contributed by atoms with van der Waals surface area (Å²) in [5.41, 5.74) is 3.07. The van der Waals surface area contributed by atoms with E-state index in [0.717, 1.165) is 29.9 Å². The van der Waals surface area contributed by atoms with Crippen LogP contribution >= 0.6 is 0 Å². The second kappa shape index (κ2) is 6.83. The summed E-state index contributed by atoms with van der Waals surface area (Å²) >= 11 is 0. The fourth-order valence-electron chi connectivity index (χ4n) is 3.18. The fraction of sp³-hybridized carbons (Fsp3) is 0.562. The van der Waals surface area contributed by atoms with Gasteiger partial charge in [-0.3, -0.25) is 14.4 Å². The van der Waals surface area contributed by atoms with E-state index in [4.69, 9.17) is 5.26 Å². The number of carbonyl (C=O) groups excluding carboxylic acids is 1. The van der Waals surface area contributed by atoms with Crippen molar-refractivity contribution in [2.45, 2.75) is 52.6 Å². The molecule has 0 unspecified atom stereocenters. The van der Waals surface area contributed by atoms with Crippen molar-refractivity contribution in [3.05, 3.63) is 23.3 Å². The lowest BCUT2D eigenvalue weighted by molar-refractivity contribution is -0.118. The Bertz CT molecular complexity index is 783. The molecule has 1 amide bonds. The third kappa shape index (κ3) is 3.02. The zero-order valence-electron chi connectivity index (χ0n) is 14.1. The Balaban J connectivity index is 1.68. The molecule has 0 aromatic carbocycles. The van der Waals surface area contributed by atoms with Crippen LogP contribution in [0.5, 0.6) is 0 Å². The first-order valence-corrected chi connectivity index (χ1v) is 8.20. The predicted octanol–water partition coefficient (Wildman–Crippen LogP) is 1.37. The van der Waals surface area contributed by atoms with E-state index in [-0.39, 0.29) is 5.91 Å². The summed E-state index contributed by atoms with van der Waals surface area (Å²) in [5.74, 6) is 0.705. The number of hydrogen-bond acceptors (Lipinski definition) is 5. The van der Waals surface area contributed by atoms with Gasteiger partial charge in [-0.15, -0.1) is 0 Å². The first kappa shape index (κ1) is 16.2. The van der Waals surface area contributed by atoms with Crippen molar-refractivity contribution >= 4 is 11.9 Å². The van der Waals surface area contributed by atoms with Gasteiger partial charge >= 0.3 is 0 Å². The molecule has 1 aliphatic heterocycles. The fourth-order valence-corrected chi connectivity index (χ4v) is 3.18. The van der Waals surface area contributed by atoms with Crippen LogP contribution in [0.1, 0.15) is 36.2 Å². The Morgan fingerprint density at radius 2 is 2.21 bits per heavy atom. The Labute approximate surface area is 140 Å². The molecule has 0 spiro atoms. The van der Waals surface area contributed by atoms with Crippen molar-refractivity contribution in [1.82, 2.24) is 24.5 Å². The first-order chi connectivity index (χ1) is 11.6. The summed E-state index contributed by atoms with van der Waals surface area (Å²) in [6.45, 7) is 6.04. The largest absolute Gasteiger partial charge is 0.281 e. The van der Waals surface area contributed by atoms with Crippen LogP contribution in [-0.4, -0.2) is 37.0 Å². The van der Waals surface area contributed by atoms with Crippen LogP contribution in [0.2, 0.25) is 0 Å². The minimum absolute atomic E-state index is 0.0625. The molecule has 2 aromatic heterocycles. The summed E-state index contributed by atoms with van der Waals surface area (Å²) in [4.78, 5) is 18.5. The van der Waals surface area contributed by atoms with E-state index in [1.54, 1.807) is 9.58 Å². The van der Waals surface area contributed by atoms with E-state index in [1.165, 1.54) is 6.33 Å². The standard InChI is InChI=1S/C16H21N7O/c1-12-14(13(2)22(20-12)9-3-7-17)5-6-15(24)21-8-4-10-23-16(21)18-11-19-23/h11H,3-6,8-10H2,1-2H3. The maximum Gasteiger partial charge on any atom is 0.230 e. The average molecular weight is 327 g/mol. The van der Waals surface area contributed by atoms with E-state index < -0.39 is 0 Å². The number of fused-ring (bicyclic) bond motifs is 1. The number of amides is 1. The lowest BCUT2D eigenvalue weighted by Gasteiger charge is -2.26. The van der Waals surface area contributed by atoms with Crippen molar-refractivity contribution in [2.24, 2.45) is 0 Å². The summed E-state index contributed by atoms with van der Waals surface area (Å²) in [6.07, 6.45) is 3.89. The van der Waals surface area contributed by atoms with Crippen LogP contribution < -0.4 is 4.90 Å². The number of hydrogen-bond donors (Lipinski definition) is 0. The van der Waals surface area contributed by atoms with Crippen LogP contribution in [0.4, 0.5) is 5.95 Å². The normalized spacial score (nSPS) is 13.6. The minimum atomic E-state index is 0.0625. The Hall–Kier alpha value is -2.69. The number of nitriles is 1. The Kier molecular flexibility index (Phi) is 4.60. The molecule has 3 heterocycles. The van der Waals surface area contributed by atoms with Crippen molar-refractivity contribution in [1.29, 1.82) is 5.26 Å². The number of anilines is 1. The molecule has 8 nitrogen and oxygen atoms in total. The number of rotatable bonds is 5. The molecule has 2 aromatic rings.